The van der Waals surface area contributed by atoms with Crippen LogP contribution in [0, 0.1) is 5.92 Å². The number of ether oxygens (including phenoxy) is 1. The summed E-state index contributed by atoms with van der Waals surface area (Å²) in [7, 11) is -2.49. The van der Waals surface area contributed by atoms with Crippen molar-refractivity contribution in [2.24, 2.45) is 5.92 Å². The van der Waals surface area contributed by atoms with E-state index in [2.05, 4.69) is 4.72 Å². The molecule has 0 radical (unpaired) electrons. The summed E-state index contributed by atoms with van der Waals surface area (Å²) < 4.78 is 33.9. The highest BCUT2D eigenvalue weighted by Crippen LogP contribution is 2.26. The molecule has 9 nitrogen and oxygen atoms in total. The van der Waals surface area contributed by atoms with E-state index in [0.29, 0.717) is 31.5 Å². The Balaban J connectivity index is 1.45. The maximum Gasteiger partial charge on any atom is 0.261 e. The Morgan fingerprint density at radius 3 is 2.03 bits per heavy atom. The van der Waals surface area contributed by atoms with Gasteiger partial charge in [0.2, 0.25) is 10.0 Å². The quantitative estimate of drug-likeness (QED) is 0.308. The molecule has 1 fully saturated rings. The monoisotopic (exact) mass is 523 g/mol. The summed E-state index contributed by atoms with van der Waals surface area (Å²) >= 11 is 0. The number of hydrogen-bond acceptors (Lipinski definition) is 6. The lowest BCUT2D eigenvalue weighted by Gasteiger charge is -2.35. The van der Waals surface area contributed by atoms with Crippen molar-refractivity contribution in [3.05, 3.63) is 84.4 Å². The molecule has 194 valence electrons. The second kappa shape index (κ2) is 11.5. The molecule has 2 amide bonds. The van der Waals surface area contributed by atoms with Gasteiger partial charge in [0.05, 0.1) is 12.0 Å². The van der Waals surface area contributed by atoms with Crippen molar-refractivity contribution < 1.29 is 28.0 Å². The highest BCUT2D eigenvalue weighted by atomic mass is 32.2. The molecule has 3 aromatic carbocycles. The van der Waals surface area contributed by atoms with Crippen LogP contribution in [0.15, 0.2) is 83.8 Å². The molecule has 1 atom stereocenters. The molecule has 0 aromatic heterocycles. The molecular formula is C27H29N3O6S. The van der Waals surface area contributed by atoms with E-state index in [1.807, 2.05) is 30.3 Å². The summed E-state index contributed by atoms with van der Waals surface area (Å²) in [4.78, 5) is 26.9. The first-order valence-electron chi connectivity index (χ1n) is 11.9. The molecule has 4 rings (SSSR count). The number of benzene rings is 3. The maximum atomic E-state index is 13.1. The van der Waals surface area contributed by atoms with Crippen molar-refractivity contribution in [1.82, 2.24) is 15.1 Å². The number of hydroxylamine groups is 1. The molecule has 37 heavy (non-hydrogen) atoms. The van der Waals surface area contributed by atoms with Crippen LogP contribution in [-0.2, 0) is 14.8 Å². The predicted octanol–water partition coefficient (Wildman–Crippen LogP) is 3.07. The summed E-state index contributed by atoms with van der Waals surface area (Å²) in [6.45, 7) is 0.734. The lowest BCUT2D eigenvalue weighted by Crippen LogP contribution is -2.53. The van der Waals surface area contributed by atoms with Gasteiger partial charge in [0.1, 0.15) is 11.8 Å². The predicted molar refractivity (Wildman–Crippen MR) is 138 cm³/mol. The topological polar surface area (TPSA) is 125 Å². The molecule has 0 saturated carbocycles. The minimum absolute atomic E-state index is 0.00260. The highest BCUT2D eigenvalue weighted by molar-refractivity contribution is 7.89. The molecule has 1 saturated heterocycles. The average molecular weight is 524 g/mol. The number of hydrogen-bond donors (Lipinski definition) is 3. The van der Waals surface area contributed by atoms with E-state index < -0.39 is 27.9 Å². The molecule has 1 heterocycles. The first-order valence-corrected chi connectivity index (χ1v) is 13.4. The van der Waals surface area contributed by atoms with E-state index in [-0.39, 0.29) is 10.8 Å². The van der Waals surface area contributed by atoms with Gasteiger partial charge in [-0.25, -0.2) is 13.9 Å². The molecule has 0 aliphatic carbocycles. The number of nitrogens with one attached hydrogen (secondary N) is 2. The standard InChI is InChI=1S/C27H29N3O6S/c1-36-23-11-7-19(8-12-23)20-9-13-24(14-10-20)37(34,35)29-25(26(31)28-33)21-15-17-30(18-16-21)27(32)22-5-3-2-4-6-22/h2-14,21,25,29,33H,15-18H2,1H3,(H,28,31)/t25-/m1/s1. The molecular weight excluding hydrogens is 494 g/mol. The van der Waals surface area contributed by atoms with Gasteiger partial charge in [-0.3, -0.25) is 14.8 Å². The van der Waals surface area contributed by atoms with Gasteiger partial charge in [0.15, 0.2) is 0 Å². The molecule has 0 bridgehead atoms. The van der Waals surface area contributed by atoms with Gasteiger partial charge < -0.3 is 9.64 Å². The Hall–Kier alpha value is -3.73. The zero-order valence-electron chi connectivity index (χ0n) is 20.3. The van der Waals surface area contributed by atoms with E-state index in [1.165, 1.54) is 12.1 Å². The zero-order valence-corrected chi connectivity index (χ0v) is 21.1. The third-order valence-electron chi connectivity index (χ3n) is 6.58. The van der Waals surface area contributed by atoms with E-state index >= 15 is 0 Å². The Kier molecular flexibility index (Phi) is 8.22. The van der Waals surface area contributed by atoms with Gasteiger partial charge in [-0.1, -0.05) is 42.5 Å². The smallest absolute Gasteiger partial charge is 0.261 e. The first-order chi connectivity index (χ1) is 17.8. The minimum atomic E-state index is -4.07. The molecule has 1 aliphatic heterocycles. The van der Waals surface area contributed by atoms with Gasteiger partial charge >= 0.3 is 0 Å². The van der Waals surface area contributed by atoms with E-state index in [9.17, 15) is 23.2 Å². The van der Waals surface area contributed by atoms with E-state index in [4.69, 9.17) is 4.74 Å². The molecule has 3 aromatic rings. The van der Waals surface area contributed by atoms with Crippen LogP contribution in [-0.4, -0.2) is 56.6 Å². The van der Waals surface area contributed by atoms with Crippen LogP contribution >= 0.6 is 0 Å². The van der Waals surface area contributed by atoms with Crippen LogP contribution in [0.5, 0.6) is 5.75 Å². The fourth-order valence-electron chi connectivity index (χ4n) is 4.48. The van der Waals surface area contributed by atoms with Crippen molar-refractivity contribution in [2.75, 3.05) is 20.2 Å². The number of carbonyl (C=O) groups is 2. The Bertz CT molecular complexity index is 1320. The van der Waals surface area contributed by atoms with Crippen molar-refractivity contribution in [3.8, 4) is 16.9 Å². The molecule has 3 N–H and O–H groups in total. The minimum Gasteiger partial charge on any atom is -0.497 e. The van der Waals surface area contributed by atoms with Crippen LogP contribution in [0.4, 0.5) is 0 Å². The fourth-order valence-corrected chi connectivity index (χ4v) is 5.74. The van der Waals surface area contributed by atoms with Gasteiger partial charge in [-0.15, -0.1) is 0 Å². The van der Waals surface area contributed by atoms with E-state index in [1.54, 1.807) is 53.9 Å². The Labute approximate surface area is 216 Å². The number of rotatable bonds is 8. The second-order valence-electron chi connectivity index (χ2n) is 8.82. The third kappa shape index (κ3) is 6.16. The Morgan fingerprint density at radius 1 is 0.919 bits per heavy atom. The second-order valence-corrected chi connectivity index (χ2v) is 10.5. The average Bonchev–Trinajstić information content (AvgIpc) is 2.96. The Morgan fingerprint density at radius 2 is 1.49 bits per heavy atom. The number of amides is 2. The van der Waals surface area contributed by atoms with Crippen molar-refractivity contribution in [2.45, 2.75) is 23.8 Å². The third-order valence-corrected chi connectivity index (χ3v) is 8.04. The van der Waals surface area contributed by atoms with Crippen molar-refractivity contribution in [1.29, 1.82) is 0 Å². The normalized spacial score (nSPS) is 15.1. The summed E-state index contributed by atoms with van der Waals surface area (Å²) in [5.74, 6) is -0.637. The van der Waals surface area contributed by atoms with Crippen molar-refractivity contribution in [3.63, 3.8) is 0 Å². The maximum absolute atomic E-state index is 13.1. The number of nitrogens with zero attached hydrogens (tertiary/aromatic N) is 1. The number of methoxy groups -OCH3 is 1. The molecule has 0 spiro atoms. The van der Waals surface area contributed by atoms with Crippen molar-refractivity contribution >= 4 is 21.8 Å². The summed E-state index contributed by atoms with van der Waals surface area (Å²) in [5, 5.41) is 9.28. The highest BCUT2D eigenvalue weighted by Gasteiger charge is 2.36. The summed E-state index contributed by atoms with van der Waals surface area (Å²) in [6.07, 6.45) is 0.797. The number of carbonyl (C=O) groups excluding carboxylic acids is 2. The van der Waals surface area contributed by atoms with E-state index in [0.717, 1.165) is 16.9 Å². The number of likely N-dealkylation sites (tertiary alicyclic amines) is 1. The van der Waals surface area contributed by atoms with Crippen LogP contribution in [0.2, 0.25) is 0 Å². The van der Waals surface area contributed by atoms with Crippen LogP contribution in [0.3, 0.4) is 0 Å². The first kappa shape index (κ1) is 26.3. The lowest BCUT2D eigenvalue weighted by atomic mass is 9.89. The van der Waals surface area contributed by atoms with Crippen LogP contribution in [0.1, 0.15) is 23.2 Å². The fraction of sp³-hybridized carbons (Fsp3) is 0.259. The SMILES string of the molecule is COc1ccc(-c2ccc(S(=O)(=O)N[C@@H](C(=O)NO)C3CCN(C(=O)c4ccccc4)CC3)cc2)cc1. The molecule has 1 aliphatic rings. The number of piperidine rings is 1. The van der Waals surface area contributed by atoms with Crippen LogP contribution < -0.4 is 14.9 Å². The zero-order chi connectivity index (χ0) is 26.4. The van der Waals surface area contributed by atoms with Gasteiger partial charge in [-0.05, 0) is 66.3 Å². The molecule has 0 unspecified atom stereocenters. The lowest BCUT2D eigenvalue weighted by molar-refractivity contribution is -0.132. The summed E-state index contributed by atoms with van der Waals surface area (Å²) in [6, 6.07) is 21.4. The molecule has 10 heteroatoms. The van der Waals surface area contributed by atoms with Gasteiger partial charge in [-0.2, -0.15) is 4.72 Å². The van der Waals surface area contributed by atoms with Gasteiger partial charge in [0, 0.05) is 18.7 Å². The van der Waals surface area contributed by atoms with Crippen LogP contribution in [0.25, 0.3) is 11.1 Å². The largest absolute Gasteiger partial charge is 0.497 e. The number of sulfonamides is 1. The summed E-state index contributed by atoms with van der Waals surface area (Å²) in [5.41, 5.74) is 3.87. The van der Waals surface area contributed by atoms with Gasteiger partial charge in [0.25, 0.3) is 11.8 Å².